The van der Waals surface area contributed by atoms with Crippen LogP contribution in [0.3, 0.4) is 0 Å². The summed E-state index contributed by atoms with van der Waals surface area (Å²) in [5.41, 5.74) is 4.09. The Labute approximate surface area is 194 Å². The van der Waals surface area contributed by atoms with E-state index < -0.39 is 0 Å². The summed E-state index contributed by atoms with van der Waals surface area (Å²) in [4.78, 5) is 32.4. The van der Waals surface area contributed by atoms with Gasteiger partial charge >= 0.3 is 0 Å². The molecule has 0 spiro atoms. The van der Waals surface area contributed by atoms with Gasteiger partial charge in [-0.15, -0.1) is 0 Å². The number of anilines is 1. The van der Waals surface area contributed by atoms with Gasteiger partial charge < -0.3 is 14.5 Å². The minimum absolute atomic E-state index is 0.222. The van der Waals surface area contributed by atoms with Crippen molar-refractivity contribution in [3.05, 3.63) is 70.4 Å². The number of rotatable bonds is 7. The molecule has 7 heteroatoms. The first-order valence-corrected chi connectivity index (χ1v) is 11.3. The Kier molecular flexibility index (Phi) is 6.82. The first-order valence-electron chi connectivity index (χ1n) is 10.9. The summed E-state index contributed by atoms with van der Waals surface area (Å²) in [6, 6.07) is 15.6. The highest BCUT2D eigenvalue weighted by molar-refractivity contribution is 6.36. The van der Waals surface area contributed by atoms with Gasteiger partial charge in [-0.05, 0) is 48.7 Å². The minimum atomic E-state index is -0.246. The van der Waals surface area contributed by atoms with Gasteiger partial charge in [-0.1, -0.05) is 35.9 Å². The number of nitrogens with zero attached hydrogens (tertiary/aromatic N) is 3. The highest BCUT2D eigenvalue weighted by atomic mass is 35.5. The van der Waals surface area contributed by atoms with Gasteiger partial charge in [-0.25, -0.2) is 0 Å². The predicted octanol–water partition coefficient (Wildman–Crippen LogP) is 3.59. The Hall–Kier alpha value is -2.83. The van der Waals surface area contributed by atoms with E-state index in [4.69, 9.17) is 16.3 Å². The first-order chi connectivity index (χ1) is 15.5. The normalized spacial score (nSPS) is 17.0. The van der Waals surface area contributed by atoms with E-state index in [0.717, 1.165) is 18.7 Å². The van der Waals surface area contributed by atoms with Crippen LogP contribution in [0, 0.1) is 6.92 Å². The number of piperazine rings is 1. The smallest absolute Gasteiger partial charge is 0.277 e. The molecule has 6 nitrogen and oxygen atoms in total. The van der Waals surface area contributed by atoms with E-state index in [2.05, 4.69) is 41.0 Å². The number of carbonyl (C=O) groups is 2. The summed E-state index contributed by atoms with van der Waals surface area (Å²) < 4.78 is 5.11. The highest BCUT2D eigenvalue weighted by Crippen LogP contribution is 2.33. The second kappa shape index (κ2) is 9.76. The molecule has 2 aliphatic rings. The van der Waals surface area contributed by atoms with Crippen LogP contribution in [-0.2, 0) is 14.3 Å². The van der Waals surface area contributed by atoms with Crippen molar-refractivity contribution >= 4 is 34.7 Å². The van der Waals surface area contributed by atoms with Crippen LogP contribution in [0.25, 0.3) is 5.57 Å². The second-order valence-electron chi connectivity index (χ2n) is 8.15. The molecule has 1 saturated heterocycles. The molecule has 2 amide bonds. The molecule has 0 unspecified atom stereocenters. The van der Waals surface area contributed by atoms with Gasteiger partial charge in [0.2, 0.25) is 0 Å². The number of halogens is 1. The van der Waals surface area contributed by atoms with E-state index >= 15 is 0 Å². The SMILES string of the molecule is COCCCN1C(=O)C(c2ccc(Cl)cc2)=C(N2CCN(c3cccc(C)c3)CC2)C1=O. The maximum atomic E-state index is 13.4. The fraction of sp³-hybridized carbons (Fsp3) is 0.360. The van der Waals surface area contributed by atoms with Crippen LogP contribution < -0.4 is 4.90 Å². The molecular weight excluding hydrogens is 426 g/mol. The monoisotopic (exact) mass is 453 g/mol. The van der Waals surface area contributed by atoms with Crippen LogP contribution in [0.4, 0.5) is 5.69 Å². The van der Waals surface area contributed by atoms with Crippen molar-refractivity contribution in [2.24, 2.45) is 0 Å². The molecule has 32 heavy (non-hydrogen) atoms. The van der Waals surface area contributed by atoms with E-state index in [1.54, 1.807) is 19.2 Å². The largest absolute Gasteiger partial charge is 0.385 e. The molecule has 168 valence electrons. The van der Waals surface area contributed by atoms with Crippen LogP contribution >= 0.6 is 11.6 Å². The second-order valence-corrected chi connectivity index (χ2v) is 8.59. The molecule has 4 rings (SSSR count). The maximum Gasteiger partial charge on any atom is 0.277 e. The summed E-state index contributed by atoms with van der Waals surface area (Å²) in [6.07, 6.45) is 0.607. The van der Waals surface area contributed by atoms with Crippen molar-refractivity contribution in [2.45, 2.75) is 13.3 Å². The fourth-order valence-electron chi connectivity index (χ4n) is 4.32. The topological polar surface area (TPSA) is 53.1 Å². The van der Waals surface area contributed by atoms with Crippen LogP contribution in [0.15, 0.2) is 54.2 Å². The molecule has 2 aliphatic heterocycles. The number of imide groups is 1. The maximum absolute atomic E-state index is 13.4. The number of hydrogen-bond donors (Lipinski definition) is 0. The predicted molar refractivity (Wildman–Crippen MR) is 127 cm³/mol. The standard InChI is InChI=1S/C25H28ClN3O3/c1-18-5-3-6-21(17-18)27-12-14-28(15-13-27)23-22(19-7-9-20(26)10-8-19)24(30)29(25(23)31)11-4-16-32-2/h3,5-10,17H,4,11-16H2,1-2H3. The van der Waals surface area contributed by atoms with Gasteiger partial charge in [0.15, 0.2) is 0 Å². The van der Waals surface area contributed by atoms with E-state index in [1.807, 2.05) is 12.1 Å². The van der Waals surface area contributed by atoms with Gasteiger partial charge in [-0.3, -0.25) is 14.5 Å². The highest BCUT2D eigenvalue weighted by Gasteiger charge is 2.41. The van der Waals surface area contributed by atoms with Crippen LogP contribution in [0.1, 0.15) is 17.5 Å². The zero-order chi connectivity index (χ0) is 22.7. The van der Waals surface area contributed by atoms with E-state index in [1.165, 1.54) is 16.2 Å². The van der Waals surface area contributed by atoms with Gasteiger partial charge in [-0.2, -0.15) is 0 Å². The number of aryl methyl sites for hydroxylation is 1. The molecule has 0 saturated carbocycles. The van der Waals surface area contributed by atoms with Gasteiger partial charge in [0.1, 0.15) is 5.70 Å². The van der Waals surface area contributed by atoms with Gasteiger partial charge in [0.25, 0.3) is 11.8 Å². The summed E-state index contributed by atoms with van der Waals surface area (Å²) >= 11 is 6.06. The number of benzene rings is 2. The van der Waals surface area contributed by atoms with Crippen molar-refractivity contribution < 1.29 is 14.3 Å². The van der Waals surface area contributed by atoms with Crippen LogP contribution in [0.2, 0.25) is 5.02 Å². The molecular formula is C25H28ClN3O3. The third-order valence-corrected chi connectivity index (χ3v) is 6.22. The van der Waals surface area contributed by atoms with E-state index in [0.29, 0.717) is 49.0 Å². The number of ether oxygens (including phenoxy) is 1. The zero-order valence-electron chi connectivity index (χ0n) is 18.5. The molecule has 0 aliphatic carbocycles. The molecule has 0 radical (unpaired) electrons. The number of amides is 2. The average Bonchev–Trinajstić information content (AvgIpc) is 3.05. The molecule has 2 aromatic carbocycles. The molecule has 1 fully saturated rings. The van der Waals surface area contributed by atoms with Crippen molar-refractivity contribution in [3.8, 4) is 0 Å². The lowest BCUT2D eigenvalue weighted by molar-refractivity contribution is -0.137. The Morgan fingerprint density at radius 1 is 0.938 bits per heavy atom. The Bertz CT molecular complexity index is 1030. The minimum Gasteiger partial charge on any atom is -0.385 e. The van der Waals surface area contributed by atoms with Crippen LogP contribution in [0.5, 0.6) is 0 Å². The Morgan fingerprint density at radius 2 is 1.62 bits per heavy atom. The Morgan fingerprint density at radius 3 is 2.28 bits per heavy atom. The fourth-order valence-corrected chi connectivity index (χ4v) is 4.44. The number of methoxy groups -OCH3 is 1. The summed E-state index contributed by atoms with van der Waals surface area (Å²) in [6.45, 7) is 5.84. The third kappa shape index (κ3) is 4.52. The lowest BCUT2D eigenvalue weighted by Crippen LogP contribution is -2.47. The van der Waals surface area contributed by atoms with Crippen molar-refractivity contribution in [1.29, 1.82) is 0 Å². The summed E-state index contributed by atoms with van der Waals surface area (Å²) in [7, 11) is 1.62. The van der Waals surface area contributed by atoms with E-state index in [-0.39, 0.29) is 11.8 Å². The lowest BCUT2D eigenvalue weighted by atomic mass is 10.0. The van der Waals surface area contributed by atoms with Gasteiger partial charge in [0, 0.05) is 57.2 Å². The van der Waals surface area contributed by atoms with Gasteiger partial charge in [0.05, 0.1) is 5.57 Å². The van der Waals surface area contributed by atoms with Crippen LogP contribution in [-0.4, -0.2) is 68.1 Å². The zero-order valence-corrected chi connectivity index (χ0v) is 19.3. The average molecular weight is 454 g/mol. The summed E-state index contributed by atoms with van der Waals surface area (Å²) in [5, 5.41) is 0.594. The number of carbonyl (C=O) groups excluding carboxylic acids is 2. The molecule has 0 bridgehead atoms. The third-order valence-electron chi connectivity index (χ3n) is 5.97. The quantitative estimate of drug-likeness (QED) is 0.473. The van der Waals surface area contributed by atoms with Crippen molar-refractivity contribution in [3.63, 3.8) is 0 Å². The van der Waals surface area contributed by atoms with Crippen molar-refractivity contribution in [2.75, 3.05) is 51.3 Å². The molecule has 0 N–H and O–H groups in total. The molecule has 0 aromatic heterocycles. The summed E-state index contributed by atoms with van der Waals surface area (Å²) in [5.74, 6) is -0.468. The first kappa shape index (κ1) is 22.4. The van der Waals surface area contributed by atoms with Crippen molar-refractivity contribution in [1.82, 2.24) is 9.80 Å². The number of hydrogen-bond acceptors (Lipinski definition) is 5. The molecule has 0 atom stereocenters. The Balaban J connectivity index is 1.60. The molecule has 2 aromatic rings. The lowest BCUT2D eigenvalue weighted by Gasteiger charge is -2.37. The molecule has 2 heterocycles. The van der Waals surface area contributed by atoms with E-state index in [9.17, 15) is 9.59 Å².